The summed E-state index contributed by atoms with van der Waals surface area (Å²) in [4.78, 5) is 12.7. The van der Waals surface area contributed by atoms with Crippen molar-refractivity contribution < 1.29 is 4.79 Å². The van der Waals surface area contributed by atoms with Crippen LogP contribution < -0.4 is 5.32 Å². The lowest BCUT2D eigenvalue weighted by Gasteiger charge is -2.45. The third-order valence-corrected chi connectivity index (χ3v) is 6.91. The Labute approximate surface area is 181 Å². The van der Waals surface area contributed by atoms with Crippen LogP contribution in [0.1, 0.15) is 59.7 Å². The number of aromatic amines is 1. The van der Waals surface area contributed by atoms with Gasteiger partial charge >= 0.3 is 0 Å². The molecule has 154 valence electrons. The molecular formula is C24H26N4OS. The fourth-order valence-electron chi connectivity index (χ4n) is 5.33. The number of H-pyrrole nitrogens is 1. The van der Waals surface area contributed by atoms with E-state index >= 15 is 0 Å². The van der Waals surface area contributed by atoms with E-state index in [4.69, 9.17) is 12.2 Å². The molecule has 5 nitrogen and oxygen atoms in total. The van der Waals surface area contributed by atoms with Crippen LogP contribution in [0.3, 0.4) is 0 Å². The van der Waals surface area contributed by atoms with Crippen molar-refractivity contribution >= 4 is 18.1 Å². The first kappa shape index (κ1) is 19.2. The molecule has 1 unspecified atom stereocenters. The number of nitrogens with one attached hydrogen (secondary N) is 2. The highest BCUT2D eigenvalue weighted by Gasteiger charge is 2.42. The first-order chi connectivity index (χ1) is 14.7. The average Bonchev–Trinajstić information content (AvgIpc) is 3.12. The monoisotopic (exact) mass is 418 g/mol. The maximum atomic E-state index is 12.7. The van der Waals surface area contributed by atoms with Crippen LogP contribution in [-0.2, 0) is 17.8 Å². The number of carbonyl (C=O) groups is 1. The van der Waals surface area contributed by atoms with Crippen LogP contribution >= 0.6 is 12.2 Å². The number of fused-ring (bicyclic) bond motifs is 1. The fraction of sp³-hybridized carbons (Fsp3) is 0.375. The quantitative estimate of drug-likeness (QED) is 0.587. The van der Waals surface area contributed by atoms with Gasteiger partial charge in [0.25, 0.3) is 0 Å². The number of aromatic nitrogens is 3. The molecule has 30 heavy (non-hydrogen) atoms. The van der Waals surface area contributed by atoms with E-state index < -0.39 is 0 Å². The summed E-state index contributed by atoms with van der Waals surface area (Å²) >= 11 is 5.31. The molecule has 0 radical (unpaired) electrons. The lowest BCUT2D eigenvalue weighted by atomic mass is 9.59. The molecule has 3 aromatic rings. The van der Waals surface area contributed by atoms with Crippen molar-refractivity contribution in [3.8, 4) is 0 Å². The van der Waals surface area contributed by atoms with Gasteiger partial charge in [0.2, 0.25) is 5.91 Å². The van der Waals surface area contributed by atoms with Crippen molar-refractivity contribution in [2.45, 2.75) is 44.6 Å². The number of hydrogen-bond donors (Lipinski definition) is 2. The normalized spacial score (nSPS) is 21.2. The van der Waals surface area contributed by atoms with Crippen LogP contribution in [0.2, 0.25) is 0 Å². The van der Waals surface area contributed by atoms with E-state index in [2.05, 4.69) is 71.0 Å². The van der Waals surface area contributed by atoms with Gasteiger partial charge in [0.1, 0.15) is 12.4 Å². The first-order valence-electron chi connectivity index (χ1n) is 10.8. The van der Waals surface area contributed by atoms with Gasteiger partial charge in [-0.3, -0.25) is 14.5 Å². The van der Waals surface area contributed by atoms with E-state index in [1.807, 2.05) is 4.57 Å². The lowest BCUT2D eigenvalue weighted by Crippen LogP contribution is -2.40. The Morgan fingerprint density at radius 2 is 1.77 bits per heavy atom. The van der Waals surface area contributed by atoms with Crippen molar-refractivity contribution in [1.29, 1.82) is 0 Å². The minimum absolute atomic E-state index is 0.00660. The van der Waals surface area contributed by atoms with Gasteiger partial charge in [-0.15, -0.1) is 0 Å². The molecule has 0 saturated heterocycles. The lowest BCUT2D eigenvalue weighted by molar-refractivity contribution is -0.122. The number of carbonyl (C=O) groups excluding carboxylic acids is 1. The number of hydrogen-bond acceptors (Lipinski definition) is 3. The summed E-state index contributed by atoms with van der Waals surface area (Å²) in [6, 6.07) is 17.6. The largest absolute Gasteiger partial charge is 0.354 e. The van der Waals surface area contributed by atoms with Gasteiger partial charge in [-0.05, 0) is 53.2 Å². The zero-order valence-corrected chi connectivity index (χ0v) is 17.9. The second-order valence-corrected chi connectivity index (χ2v) is 8.76. The molecule has 1 heterocycles. The molecule has 6 rings (SSSR count). The fourth-order valence-corrected chi connectivity index (χ4v) is 5.55. The Morgan fingerprint density at radius 3 is 2.40 bits per heavy atom. The summed E-state index contributed by atoms with van der Waals surface area (Å²) in [5, 5.41) is 10.3. The molecule has 0 fully saturated rings. The van der Waals surface area contributed by atoms with Crippen LogP contribution in [0.15, 0.2) is 48.5 Å². The van der Waals surface area contributed by atoms with E-state index in [9.17, 15) is 4.79 Å². The van der Waals surface area contributed by atoms with Gasteiger partial charge < -0.3 is 5.32 Å². The van der Waals surface area contributed by atoms with Crippen LogP contribution in [-0.4, -0.2) is 27.2 Å². The molecule has 0 spiro atoms. The molecule has 1 atom stereocenters. The standard InChI is InChI=1S/C24H26N4OS/c1-2-7-21-26-27-24(30)28(21)14-22(29)25-13-15-12-20-16-8-3-5-10-18(16)23(15)19-11-6-4-9-17(19)20/h3-6,8-11,15,20,23H,2,7,12-14H2,1H3,(H,25,29)(H,27,30). The van der Waals surface area contributed by atoms with Crippen molar-refractivity contribution in [2.24, 2.45) is 5.92 Å². The van der Waals surface area contributed by atoms with Gasteiger partial charge in [0.15, 0.2) is 4.77 Å². The predicted molar refractivity (Wildman–Crippen MR) is 119 cm³/mol. The SMILES string of the molecule is CCCc1n[nH]c(=S)n1CC(=O)NCC1CC2c3ccccc3C1c1ccccc12. The summed E-state index contributed by atoms with van der Waals surface area (Å²) in [6.07, 6.45) is 2.84. The maximum absolute atomic E-state index is 12.7. The number of aryl methyl sites for hydroxylation is 1. The van der Waals surface area contributed by atoms with Gasteiger partial charge in [-0.2, -0.15) is 5.10 Å². The van der Waals surface area contributed by atoms with Crippen molar-refractivity contribution in [1.82, 2.24) is 20.1 Å². The molecule has 3 aliphatic carbocycles. The summed E-state index contributed by atoms with van der Waals surface area (Å²) in [7, 11) is 0. The van der Waals surface area contributed by atoms with Gasteiger partial charge in [-0.25, -0.2) is 0 Å². The first-order valence-corrected chi connectivity index (χ1v) is 11.2. The molecular weight excluding hydrogens is 392 g/mol. The Kier molecular flexibility index (Phi) is 5.03. The molecule has 3 aliphatic rings. The highest BCUT2D eigenvalue weighted by Crippen LogP contribution is 2.55. The molecule has 0 aliphatic heterocycles. The summed E-state index contributed by atoms with van der Waals surface area (Å²) in [5.74, 6) is 2.00. The van der Waals surface area contributed by atoms with Crippen LogP contribution in [0, 0.1) is 10.7 Å². The number of amides is 1. The molecule has 1 amide bonds. The Hall–Kier alpha value is -2.73. The zero-order chi connectivity index (χ0) is 20.7. The average molecular weight is 419 g/mol. The van der Waals surface area contributed by atoms with Gasteiger partial charge in [-0.1, -0.05) is 55.5 Å². The molecule has 1 aromatic heterocycles. The summed E-state index contributed by atoms with van der Waals surface area (Å²) < 4.78 is 2.32. The second kappa shape index (κ2) is 7.84. The molecule has 0 saturated carbocycles. The molecule has 6 heteroatoms. The number of rotatable bonds is 6. The Balaban J connectivity index is 1.34. The van der Waals surface area contributed by atoms with Crippen molar-refractivity contribution in [3.05, 3.63) is 81.4 Å². The highest BCUT2D eigenvalue weighted by molar-refractivity contribution is 7.71. The van der Waals surface area contributed by atoms with E-state index in [-0.39, 0.29) is 12.5 Å². The van der Waals surface area contributed by atoms with Crippen molar-refractivity contribution in [2.75, 3.05) is 6.54 Å². The topological polar surface area (TPSA) is 62.7 Å². The molecule has 2 bridgehead atoms. The third kappa shape index (κ3) is 3.19. The summed E-state index contributed by atoms with van der Waals surface area (Å²) in [5.41, 5.74) is 5.76. The van der Waals surface area contributed by atoms with E-state index in [0.29, 0.717) is 29.1 Å². The smallest absolute Gasteiger partial charge is 0.240 e. The predicted octanol–water partition coefficient (Wildman–Crippen LogP) is 4.31. The maximum Gasteiger partial charge on any atom is 0.240 e. The second-order valence-electron chi connectivity index (χ2n) is 8.37. The third-order valence-electron chi connectivity index (χ3n) is 6.60. The van der Waals surface area contributed by atoms with E-state index in [0.717, 1.165) is 25.1 Å². The zero-order valence-electron chi connectivity index (χ0n) is 17.1. The Bertz CT molecular complexity index is 1100. The number of nitrogens with zero attached hydrogens (tertiary/aromatic N) is 2. The van der Waals surface area contributed by atoms with Gasteiger partial charge in [0, 0.05) is 24.8 Å². The highest BCUT2D eigenvalue weighted by atomic mass is 32.1. The van der Waals surface area contributed by atoms with Gasteiger partial charge in [0.05, 0.1) is 0 Å². The van der Waals surface area contributed by atoms with Crippen LogP contribution in [0.4, 0.5) is 0 Å². The van der Waals surface area contributed by atoms with Crippen LogP contribution in [0.25, 0.3) is 0 Å². The van der Waals surface area contributed by atoms with E-state index in [1.165, 1.54) is 22.3 Å². The molecule has 2 aromatic carbocycles. The van der Waals surface area contributed by atoms with Crippen LogP contribution in [0.5, 0.6) is 0 Å². The summed E-state index contributed by atoms with van der Waals surface area (Å²) in [6.45, 7) is 2.99. The number of benzene rings is 2. The molecule has 2 N–H and O–H groups in total. The Morgan fingerprint density at radius 1 is 1.13 bits per heavy atom. The minimum atomic E-state index is -0.00660. The minimum Gasteiger partial charge on any atom is -0.354 e. The van der Waals surface area contributed by atoms with E-state index in [1.54, 1.807) is 0 Å². The van der Waals surface area contributed by atoms with Crippen molar-refractivity contribution in [3.63, 3.8) is 0 Å².